The second-order valence-corrected chi connectivity index (χ2v) is 4.78. The molecule has 0 saturated heterocycles. The first-order valence-electron chi connectivity index (χ1n) is 5.88. The summed E-state index contributed by atoms with van der Waals surface area (Å²) in [5, 5.41) is 7.03. The fraction of sp³-hybridized carbons (Fsp3) is 0.250. The van der Waals surface area contributed by atoms with Gasteiger partial charge in [0.15, 0.2) is 0 Å². The van der Waals surface area contributed by atoms with E-state index in [-0.39, 0.29) is 6.03 Å². The van der Waals surface area contributed by atoms with Gasteiger partial charge in [0.05, 0.1) is 19.1 Å². The Morgan fingerprint density at radius 2 is 2.35 bits per heavy atom. The number of hydrogen-bond donors (Lipinski definition) is 3. The summed E-state index contributed by atoms with van der Waals surface area (Å²) in [5.41, 5.74) is 1.39. The number of thiophene rings is 1. The van der Waals surface area contributed by atoms with E-state index in [0.29, 0.717) is 23.5 Å². The van der Waals surface area contributed by atoms with Gasteiger partial charge in [-0.1, -0.05) is 0 Å². The quantitative estimate of drug-likeness (QED) is 0.730. The van der Waals surface area contributed by atoms with Crippen LogP contribution in [0, 0.1) is 0 Å². The van der Waals surface area contributed by atoms with E-state index in [1.807, 2.05) is 0 Å². The highest BCUT2D eigenvalue weighted by molar-refractivity contribution is 7.12. The maximum Gasteiger partial charge on any atom is 0.350 e. The van der Waals surface area contributed by atoms with Crippen molar-refractivity contribution in [3.8, 4) is 0 Å². The summed E-state index contributed by atoms with van der Waals surface area (Å²) < 4.78 is 4.64. The van der Waals surface area contributed by atoms with Gasteiger partial charge in [-0.15, -0.1) is 11.3 Å². The Balaban J connectivity index is 1.82. The second kappa shape index (κ2) is 6.71. The molecule has 0 atom stereocenters. The Kier molecular flexibility index (Phi) is 4.72. The third kappa shape index (κ3) is 3.58. The van der Waals surface area contributed by atoms with E-state index in [0.717, 1.165) is 5.69 Å². The largest absolute Gasteiger partial charge is 0.465 e. The molecule has 2 amide bonds. The van der Waals surface area contributed by atoms with Gasteiger partial charge in [0.25, 0.3) is 0 Å². The van der Waals surface area contributed by atoms with Gasteiger partial charge in [-0.3, -0.25) is 0 Å². The molecule has 0 bridgehead atoms. The monoisotopic (exact) mass is 294 g/mol. The number of anilines is 1. The van der Waals surface area contributed by atoms with Crippen molar-refractivity contribution in [1.29, 1.82) is 0 Å². The number of carbonyl (C=O) groups excluding carboxylic acids is 2. The summed E-state index contributed by atoms with van der Waals surface area (Å²) in [6.07, 6.45) is 3.94. The van der Waals surface area contributed by atoms with Crippen LogP contribution in [0.5, 0.6) is 0 Å². The highest BCUT2D eigenvalue weighted by atomic mass is 32.1. The maximum absolute atomic E-state index is 11.7. The highest BCUT2D eigenvalue weighted by Crippen LogP contribution is 2.22. The van der Waals surface area contributed by atoms with Crippen LogP contribution in [-0.2, 0) is 11.2 Å². The molecule has 0 saturated carbocycles. The molecule has 8 heteroatoms. The molecule has 106 valence electrons. The SMILES string of the molecule is COC(=O)c1sccc1NC(=O)NCCc1cnc[nH]1. The molecule has 20 heavy (non-hydrogen) atoms. The van der Waals surface area contributed by atoms with E-state index < -0.39 is 5.97 Å². The zero-order valence-corrected chi connectivity index (χ0v) is 11.6. The first-order chi connectivity index (χ1) is 9.70. The summed E-state index contributed by atoms with van der Waals surface area (Å²) in [7, 11) is 1.30. The number of imidazole rings is 1. The lowest BCUT2D eigenvalue weighted by Crippen LogP contribution is -2.30. The molecule has 0 radical (unpaired) electrons. The van der Waals surface area contributed by atoms with Gasteiger partial charge in [0.2, 0.25) is 0 Å². The van der Waals surface area contributed by atoms with Crippen molar-refractivity contribution in [2.75, 3.05) is 19.0 Å². The normalized spacial score (nSPS) is 10.1. The van der Waals surface area contributed by atoms with Crippen LogP contribution in [0.25, 0.3) is 0 Å². The van der Waals surface area contributed by atoms with Gasteiger partial charge in [-0.25, -0.2) is 14.6 Å². The van der Waals surface area contributed by atoms with Gasteiger partial charge in [0.1, 0.15) is 4.88 Å². The van der Waals surface area contributed by atoms with Crippen LogP contribution in [0.4, 0.5) is 10.5 Å². The van der Waals surface area contributed by atoms with Gasteiger partial charge in [0, 0.05) is 24.9 Å². The first-order valence-corrected chi connectivity index (χ1v) is 6.76. The average Bonchev–Trinajstić information content (AvgIpc) is 3.09. The van der Waals surface area contributed by atoms with Gasteiger partial charge >= 0.3 is 12.0 Å². The Bertz CT molecular complexity index is 579. The van der Waals surface area contributed by atoms with Gasteiger partial charge in [-0.05, 0) is 11.4 Å². The number of aromatic nitrogens is 2. The molecule has 0 aromatic carbocycles. The molecule has 0 spiro atoms. The number of ether oxygens (including phenoxy) is 1. The summed E-state index contributed by atoms with van der Waals surface area (Å²) >= 11 is 1.22. The lowest BCUT2D eigenvalue weighted by molar-refractivity contribution is 0.0607. The number of aromatic amines is 1. The van der Waals surface area contributed by atoms with Crippen molar-refractivity contribution in [3.05, 3.63) is 34.5 Å². The van der Waals surface area contributed by atoms with Crippen molar-refractivity contribution in [2.24, 2.45) is 0 Å². The van der Waals surface area contributed by atoms with E-state index in [4.69, 9.17) is 0 Å². The molecule has 0 fully saturated rings. The number of nitrogens with zero attached hydrogens (tertiary/aromatic N) is 1. The average molecular weight is 294 g/mol. The third-order valence-corrected chi connectivity index (χ3v) is 3.41. The Morgan fingerprint density at radius 3 is 3.05 bits per heavy atom. The first kappa shape index (κ1) is 14.1. The molecule has 2 heterocycles. The minimum absolute atomic E-state index is 0.368. The number of methoxy groups -OCH3 is 1. The summed E-state index contributed by atoms with van der Waals surface area (Å²) in [4.78, 5) is 30.4. The van der Waals surface area contributed by atoms with E-state index in [1.54, 1.807) is 24.0 Å². The molecule has 0 aliphatic carbocycles. The molecular weight excluding hydrogens is 280 g/mol. The van der Waals surface area contributed by atoms with Crippen molar-refractivity contribution in [2.45, 2.75) is 6.42 Å². The molecule has 0 aliphatic heterocycles. The minimum Gasteiger partial charge on any atom is -0.465 e. The topological polar surface area (TPSA) is 96.1 Å². The third-order valence-electron chi connectivity index (χ3n) is 2.52. The van der Waals surface area contributed by atoms with Crippen LogP contribution in [-0.4, -0.2) is 35.6 Å². The lowest BCUT2D eigenvalue weighted by Gasteiger charge is -2.07. The fourth-order valence-corrected chi connectivity index (χ4v) is 2.32. The molecule has 2 aromatic heterocycles. The summed E-state index contributed by atoms with van der Waals surface area (Å²) in [5.74, 6) is -0.465. The van der Waals surface area contributed by atoms with E-state index >= 15 is 0 Å². The van der Waals surface area contributed by atoms with Crippen LogP contribution in [0.15, 0.2) is 24.0 Å². The van der Waals surface area contributed by atoms with E-state index in [1.165, 1.54) is 18.4 Å². The molecule has 7 nitrogen and oxygen atoms in total. The summed E-state index contributed by atoms with van der Waals surface area (Å²) in [6.45, 7) is 0.464. The predicted octanol–water partition coefficient (Wildman–Crippen LogP) is 1.62. The molecule has 0 aliphatic rings. The van der Waals surface area contributed by atoms with Gasteiger partial charge < -0.3 is 20.4 Å². The number of amides is 2. The Hall–Kier alpha value is -2.35. The lowest BCUT2D eigenvalue weighted by atomic mass is 10.3. The fourth-order valence-electron chi connectivity index (χ4n) is 1.56. The predicted molar refractivity (Wildman–Crippen MR) is 75.0 cm³/mol. The zero-order valence-electron chi connectivity index (χ0n) is 10.8. The number of carbonyl (C=O) groups is 2. The molecule has 3 N–H and O–H groups in total. The summed E-state index contributed by atoms with van der Waals surface area (Å²) in [6, 6.07) is 1.29. The Morgan fingerprint density at radius 1 is 1.50 bits per heavy atom. The number of hydrogen-bond acceptors (Lipinski definition) is 5. The number of esters is 1. The maximum atomic E-state index is 11.7. The van der Waals surface area contributed by atoms with Crippen LogP contribution >= 0.6 is 11.3 Å². The molecule has 2 rings (SSSR count). The van der Waals surface area contributed by atoms with Crippen molar-refractivity contribution in [1.82, 2.24) is 15.3 Å². The van der Waals surface area contributed by atoms with Crippen LogP contribution in [0.1, 0.15) is 15.4 Å². The number of nitrogens with one attached hydrogen (secondary N) is 3. The highest BCUT2D eigenvalue weighted by Gasteiger charge is 2.15. The number of H-pyrrole nitrogens is 1. The molecule has 2 aromatic rings. The van der Waals surface area contributed by atoms with E-state index in [9.17, 15) is 9.59 Å². The van der Waals surface area contributed by atoms with E-state index in [2.05, 4.69) is 25.3 Å². The Labute approximate surface area is 119 Å². The van der Waals surface area contributed by atoms with Crippen molar-refractivity contribution in [3.63, 3.8) is 0 Å². The number of rotatable bonds is 5. The van der Waals surface area contributed by atoms with Crippen molar-refractivity contribution >= 4 is 29.0 Å². The van der Waals surface area contributed by atoms with Gasteiger partial charge in [-0.2, -0.15) is 0 Å². The standard InChI is InChI=1S/C12H14N4O3S/c1-19-11(17)10-9(3-5-20-10)16-12(18)14-4-2-8-6-13-7-15-8/h3,5-7H,2,4H2,1H3,(H,13,15)(H2,14,16,18). The second-order valence-electron chi connectivity index (χ2n) is 3.86. The van der Waals surface area contributed by atoms with Crippen LogP contribution in [0.2, 0.25) is 0 Å². The zero-order chi connectivity index (χ0) is 14.4. The molecular formula is C12H14N4O3S. The van der Waals surface area contributed by atoms with Crippen LogP contribution in [0.3, 0.4) is 0 Å². The minimum atomic E-state index is -0.465. The smallest absolute Gasteiger partial charge is 0.350 e. The number of urea groups is 1. The van der Waals surface area contributed by atoms with Crippen LogP contribution < -0.4 is 10.6 Å². The van der Waals surface area contributed by atoms with Crippen molar-refractivity contribution < 1.29 is 14.3 Å². The molecule has 0 unspecified atom stereocenters.